The molecule has 4 N–H and O–H groups in total. The monoisotopic (exact) mass is 289 g/mol. The Kier molecular flexibility index (Phi) is 2.92. The second-order valence-electron chi connectivity index (χ2n) is 4.90. The summed E-state index contributed by atoms with van der Waals surface area (Å²) in [7, 11) is -3.80. The fourth-order valence-electron chi connectivity index (χ4n) is 2.52. The number of anilines is 2. The largest absolute Gasteiger partial charge is 0.399 e. The van der Waals surface area contributed by atoms with Crippen molar-refractivity contribution in [2.24, 2.45) is 5.14 Å². The van der Waals surface area contributed by atoms with Crippen LogP contribution in [0.3, 0.4) is 0 Å². The number of nitrogens with zero attached hydrogens (tertiary/aromatic N) is 1. The van der Waals surface area contributed by atoms with Crippen molar-refractivity contribution in [3.05, 3.63) is 53.6 Å². The van der Waals surface area contributed by atoms with Gasteiger partial charge < -0.3 is 10.6 Å². The molecule has 0 amide bonds. The van der Waals surface area contributed by atoms with Crippen LogP contribution in [-0.2, 0) is 23.1 Å². The number of primary sulfonamides is 1. The Labute approximate surface area is 117 Å². The zero-order chi connectivity index (χ0) is 14.3. The summed E-state index contributed by atoms with van der Waals surface area (Å²) in [6, 6.07) is 12.9. The van der Waals surface area contributed by atoms with Gasteiger partial charge in [-0.3, -0.25) is 0 Å². The molecule has 0 atom stereocenters. The first-order chi connectivity index (χ1) is 9.45. The van der Waals surface area contributed by atoms with Crippen molar-refractivity contribution in [3.63, 3.8) is 0 Å². The summed E-state index contributed by atoms with van der Waals surface area (Å²) in [5.41, 5.74) is 9.05. The molecule has 1 aliphatic heterocycles. The Hall–Kier alpha value is -2.05. The molecule has 0 fully saturated rings. The van der Waals surface area contributed by atoms with E-state index in [1.165, 1.54) is 17.2 Å². The van der Waals surface area contributed by atoms with Crippen LogP contribution in [0.4, 0.5) is 11.4 Å². The molecule has 0 saturated carbocycles. The smallest absolute Gasteiger partial charge is 0.240 e. The van der Waals surface area contributed by atoms with Gasteiger partial charge in [0, 0.05) is 18.8 Å². The number of nitrogen functional groups attached to an aromatic ring is 1. The van der Waals surface area contributed by atoms with Crippen molar-refractivity contribution >= 4 is 21.4 Å². The van der Waals surface area contributed by atoms with Crippen LogP contribution in [0.1, 0.15) is 11.1 Å². The molecule has 3 rings (SSSR count). The van der Waals surface area contributed by atoms with Crippen molar-refractivity contribution in [2.75, 3.05) is 10.6 Å². The molecule has 1 heterocycles. The number of nitrogens with two attached hydrogens (primary N) is 2. The molecule has 0 aliphatic carbocycles. The lowest BCUT2D eigenvalue weighted by atomic mass is 10.1. The topological polar surface area (TPSA) is 89.4 Å². The first kappa shape index (κ1) is 13.0. The van der Waals surface area contributed by atoms with E-state index in [9.17, 15) is 8.42 Å². The summed E-state index contributed by atoms with van der Waals surface area (Å²) in [6.07, 6.45) is 0. The number of rotatable bonds is 2. The minimum atomic E-state index is -3.80. The van der Waals surface area contributed by atoms with Gasteiger partial charge in [0.2, 0.25) is 10.0 Å². The van der Waals surface area contributed by atoms with E-state index in [4.69, 9.17) is 10.9 Å². The first-order valence-electron chi connectivity index (χ1n) is 6.19. The molecule has 0 radical (unpaired) electrons. The van der Waals surface area contributed by atoms with Crippen LogP contribution in [0, 0.1) is 0 Å². The number of hydrogen-bond acceptors (Lipinski definition) is 4. The molecule has 20 heavy (non-hydrogen) atoms. The molecule has 0 bridgehead atoms. The third-order valence-electron chi connectivity index (χ3n) is 3.47. The molecule has 0 spiro atoms. The maximum Gasteiger partial charge on any atom is 0.240 e. The average molecular weight is 289 g/mol. The minimum absolute atomic E-state index is 0.0744. The second kappa shape index (κ2) is 4.50. The average Bonchev–Trinajstić information content (AvgIpc) is 2.81. The van der Waals surface area contributed by atoms with E-state index >= 15 is 0 Å². The van der Waals surface area contributed by atoms with Gasteiger partial charge >= 0.3 is 0 Å². The van der Waals surface area contributed by atoms with Crippen molar-refractivity contribution in [1.29, 1.82) is 0 Å². The highest BCUT2D eigenvalue weighted by Gasteiger charge is 2.24. The van der Waals surface area contributed by atoms with Crippen molar-refractivity contribution < 1.29 is 8.42 Å². The van der Waals surface area contributed by atoms with E-state index in [1.807, 2.05) is 29.2 Å². The van der Waals surface area contributed by atoms with E-state index in [-0.39, 0.29) is 4.90 Å². The molecule has 0 unspecified atom stereocenters. The Morgan fingerprint density at radius 2 is 1.60 bits per heavy atom. The number of sulfonamides is 1. The zero-order valence-electron chi connectivity index (χ0n) is 10.8. The van der Waals surface area contributed by atoms with Crippen molar-refractivity contribution in [3.8, 4) is 0 Å². The van der Waals surface area contributed by atoms with Gasteiger partial charge in [0.1, 0.15) is 4.90 Å². The molecule has 1 aliphatic rings. The SMILES string of the molecule is Nc1ccc(N2Cc3ccccc3C2)c(S(N)(=O)=O)c1. The summed E-state index contributed by atoms with van der Waals surface area (Å²) in [4.78, 5) is 2.06. The summed E-state index contributed by atoms with van der Waals surface area (Å²) < 4.78 is 23.5. The van der Waals surface area contributed by atoms with Gasteiger partial charge in [-0.05, 0) is 29.3 Å². The third-order valence-corrected chi connectivity index (χ3v) is 4.41. The van der Waals surface area contributed by atoms with Crippen LogP contribution in [0.2, 0.25) is 0 Å². The quantitative estimate of drug-likeness (QED) is 0.819. The highest BCUT2D eigenvalue weighted by molar-refractivity contribution is 7.89. The third kappa shape index (κ3) is 2.23. The maximum absolute atomic E-state index is 11.7. The number of fused-ring (bicyclic) bond motifs is 1. The van der Waals surface area contributed by atoms with E-state index in [0.29, 0.717) is 24.5 Å². The van der Waals surface area contributed by atoms with Gasteiger partial charge in [-0.2, -0.15) is 0 Å². The minimum Gasteiger partial charge on any atom is -0.399 e. The van der Waals surface area contributed by atoms with Crippen LogP contribution in [-0.4, -0.2) is 8.42 Å². The molecule has 6 heteroatoms. The van der Waals surface area contributed by atoms with Gasteiger partial charge in [-0.15, -0.1) is 0 Å². The second-order valence-corrected chi connectivity index (χ2v) is 6.43. The Balaban J connectivity index is 2.05. The van der Waals surface area contributed by atoms with Crippen LogP contribution in [0.15, 0.2) is 47.4 Å². The van der Waals surface area contributed by atoms with Crippen molar-refractivity contribution in [1.82, 2.24) is 0 Å². The Morgan fingerprint density at radius 1 is 1.00 bits per heavy atom. The van der Waals surface area contributed by atoms with E-state index in [1.54, 1.807) is 12.1 Å². The molecule has 104 valence electrons. The van der Waals surface area contributed by atoms with Gasteiger partial charge in [0.15, 0.2) is 0 Å². The Morgan fingerprint density at radius 3 is 2.15 bits per heavy atom. The van der Waals surface area contributed by atoms with Gasteiger partial charge in [0.05, 0.1) is 5.69 Å². The summed E-state index contributed by atoms with van der Waals surface area (Å²) >= 11 is 0. The summed E-state index contributed by atoms with van der Waals surface area (Å²) in [5.74, 6) is 0. The highest BCUT2D eigenvalue weighted by Crippen LogP contribution is 2.33. The van der Waals surface area contributed by atoms with Crippen LogP contribution in [0.25, 0.3) is 0 Å². The summed E-state index contributed by atoms with van der Waals surface area (Å²) in [6.45, 7) is 1.34. The molecule has 5 nitrogen and oxygen atoms in total. The Bertz CT molecular complexity index is 747. The first-order valence-corrected chi connectivity index (χ1v) is 7.74. The van der Waals surface area contributed by atoms with Crippen LogP contribution in [0.5, 0.6) is 0 Å². The number of benzene rings is 2. The predicted molar refractivity (Wildman–Crippen MR) is 78.6 cm³/mol. The molecule has 0 saturated heterocycles. The highest BCUT2D eigenvalue weighted by atomic mass is 32.2. The molecular formula is C14H15N3O2S. The maximum atomic E-state index is 11.7. The van der Waals surface area contributed by atoms with Crippen LogP contribution < -0.4 is 15.8 Å². The predicted octanol–water partition coefficient (Wildman–Crippen LogP) is 1.44. The van der Waals surface area contributed by atoms with Gasteiger partial charge in [-0.25, -0.2) is 13.6 Å². The summed E-state index contributed by atoms with van der Waals surface area (Å²) in [5, 5.41) is 5.29. The standard InChI is InChI=1S/C14H15N3O2S/c15-12-5-6-13(14(7-12)20(16,18)19)17-8-10-3-1-2-4-11(10)9-17/h1-7H,8-9,15H2,(H2,16,18,19). The normalized spacial score (nSPS) is 14.3. The molecular weight excluding hydrogens is 274 g/mol. The zero-order valence-corrected chi connectivity index (χ0v) is 11.6. The lowest BCUT2D eigenvalue weighted by Gasteiger charge is -2.20. The van der Waals surface area contributed by atoms with E-state index in [0.717, 1.165) is 0 Å². The molecule has 2 aromatic carbocycles. The fourth-order valence-corrected chi connectivity index (χ4v) is 3.31. The van der Waals surface area contributed by atoms with E-state index < -0.39 is 10.0 Å². The number of hydrogen-bond donors (Lipinski definition) is 2. The van der Waals surface area contributed by atoms with Gasteiger partial charge in [0.25, 0.3) is 0 Å². The van der Waals surface area contributed by atoms with Crippen molar-refractivity contribution in [2.45, 2.75) is 18.0 Å². The van der Waals surface area contributed by atoms with E-state index in [2.05, 4.69) is 0 Å². The van der Waals surface area contributed by atoms with Crippen LogP contribution >= 0.6 is 0 Å². The lowest BCUT2D eigenvalue weighted by Crippen LogP contribution is -2.21. The lowest BCUT2D eigenvalue weighted by molar-refractivity contribution is 0.597. The van der Waals surface area contributed by atoms with Gasteiger partial charge in [-0.1, -0.05) is 24.3 Å². The molecule has 2 aromatic rings. The molecule has 0 aromatic heterocycles. The fraction of sp³-hybridized carbons (Fsp3) is 0.143.